The van der Waals surface area contributed by atoms with Crippen LogP contribution in [0.3, 0.4) is 0 Å². The second-order valence-corrected chi connectivity index (χ2v) is 8.51. The van der Waals surface area contributed by atoms with Crippen LogP contribution in [0.25, 0.3) is 0 Å². The zero-order valence-corrected chi connectivity index (χ0v) is 16.0. The van der Waals surface area contributed by atoms with Crippen molar-refractivity contribution in [2.24, 2.45) is 11.8 Å². The Morgan fingerprint density at radius 1 is 1.11 bits per heavy atom. The minimum Gasteiger partial charge on any atom is -0.352 e. The van der Waals surface area contributed by atoms with Gasteiger partial charge >= 0.3 is 6.18 Å². The molecule has 7 heteroatoms. The zero-order valence-electron chi connectivity index (χ0n) is 16.0. The number of piperidine rings is 1. The van der Waals surface area contributed by atoms with Crippen LogP contribution in [0.5, 0.6) is 0 Å². The van der Waals surface area contributed by atoms with Crippen LogP contribution in [0.4, 0.5) is 13.2 Å². The van der Waals surface area contributed by atoms with E-state index in [9.17, 15) is 18.0 Å². The number of alkyl halides is 3. The Balaban J connectivity index is 1.31. The maximum Gasteiger partial charge on any atom is 0.416 e. The molecule has 0 radical (unpaired) electrons. The van der Waals surface area contributed by atoms with Crippen LogP contribution < -0.4 is 10.6 Å². The summed E-state index contributed by atoms with van der Waals surface area (Å²) in [4.78, 5) is 14.9. The molecule has 0 spiro atoms. The van der Waals surface area contributed by atoms with Crippen molar-refractivity contribution >= 4 is 5.91 Å². The molecule has 28 heavy (non-hydrogen) atoms. The van der Waals surface area contributed by atoms with Gasteiger partial charge in [-0.15, -0.1) is 0 Å². The third-order valence-corrected chi connectivity index (χ3v) is 6.57. The van der Waals surface area contributed by atoms with Gasteiger partial charge in [0.05, 0.1) is 11.6 Å². The maximum absolute atomic E-state index is 12.7. The molecule has 4 rings (SSSR count). The number of halogens is 3. The molecular formula is C21H28F3N3O. The zero-order chi connectivity index (χ0) is 19.7. The number of hydrogen-bond acceptors (Lipinski definition) is 3. The highest BCUT2D eigenvalue weighted by Gasteiger charge is 2.43. The molecule has 2 saturated heterocycles. The fraction of sp³-hybridized carbons (Fsp3) is 0.667. The van der Waals surface area contributed by atoms with Gasteiger partial charge in [-0.2, -0.15) is 13.2 Å². The number of carbonyl (C=O) groups is 1. The normalized spacial score (nSPS) is 31.0. The van der Waals surface area contributed by atoms with Crippen LogP contribution in [0, 0.1) is 11.8 Å². The molecule has 1 aromatic rings. The number of rotatable bonds is 4. The average molecular weight is 395 g/mol. The van der Waals surface area contributed by atoms with E-state index in [1.165, 1.54) is 0 Å². The number of hydrogen-bond donors (Lipinski definition) is 2. The molecule has 0 bridgehead atoms. The van der Waals surface area contributed by atoms with Gasteiger partial charge in [-0.1, -0.05) is 18.6 Å². The number of nitrogens with zero attached hydrogens (tertiary/aromatic N) is 1. The highest BCUT2D eigenvalue weighted by molar-refractivity contribution is 5.82. The molecule has 0 aromatic heterocycles. The first-order valence-corrected chi connectivity index (χ1v) is 10.3. The second kappa shape index (κ2) is 8.03. The lowest BCUT2D eigenvalue weighted by Gasteiger charge is -2.27. The summed E-state index contributed by atoms with van der Waals surface area (Å²) < 4.78 is 38.1. The molecule has 3 aliphatic rings. The van der Waals surface area contributed by atoms with Gasteiger partial charge < -0.3 is 10.6 Å². The third kappa shape index (κ3) is 4.35. The Kier molecular flexibility index (Phi) is 5.65. The second-order valence-electron chi connectivity index (χ2n) is 8.51. The Bertz CT molecular complexity index is 685. The van der Waals surface area contributed by atoms with Crippen LogP contribution in [0.15, 0.2) is 24.3 Å². The van der Waals surface area contributed by atoms with Gasteiger partial charge in [0.25, 0.3) is 0 Å². The summed E-state index contributed by atoms with van der Waals surface area (Å²) in [5.74, 6) is 1.15. The lowest BCUT2D eigenvalue weighted by molar-refractivity contribution is -0.137. The predicted molar refractivity (Wildman–Crippen MR) is 101 cm³/mol. The third-order valence-electron chi connectivity index (χ3n) is 6.57. The summed E-state index contributed by atoms with van der Waals surface area (Å²) in [6, 6.07) is 5.63. The summed E-state index contributed by atoms with van der Waals surface area (Å²) in [7, 11) is 0. The number of amides is 1. The first kappa shape index (κ1) is 19.7. The molecule has 1 aromatic carbocycles. The Morgan fingerprint density at radius 2 is 1.89 bits per heavy atom. The molecule has 154 valence electrons. The van der Waals surface area contributed by atoms with Crippen molar-refractivity contribution in [3.63, 3.8) is 0 Å². The van der Waals surface area contributed by atoms with E-state index in [0.717, 1.165) is 69.4 Å². The quantitative estimate of drug-likeness (QED) is 0.823. The van der Waals surface area contributed by atoms with Gasteiger partial charge in [0.15, 0.2) is 0 Å². The van der Waals surface area contributed by atoms with Crippen LogP contribution in [0.2, 0.25) is 0 Å². The van der Waals surface area contributed by atoms with E-state index >= 15 is 0 Å². The van der Waals surface area contributed by atoms with E-state index in [4.69, 9.17) is 0 Å². The number of fused-ring (bicyclic) bond motifs is 1. The minimum absolute atomic E-state index is 0.0579. The molecule has 2 N–H and O–H groups in total. The van der Waals surface area contributed by atoms with Crippen molar-refractivity contribution in [1.82, 2.24) is 15.5 Å². The molecule has 1 amide bonds. The summed E-state index contributed by atoms with van der Waals surface area (Å²) in [6.45, 7) is 3.43. The van der Waals surface area contributed by atoms with Gasteiger partial charge in [0.1, 0.15) is 0 Å². The summed E-state index contributed by atoms with van der Waals surface area (Å²) in [6.07, 6.45) is 0.993. The van der Waals surface area contributed by atoms with Gasteiger partial charge in [0.2, 0.25) is 5.91 Å². The molecule has 3 fully saturated rings. The summed E-state index contributed by atoms with van der Waals surface area (Å²) >= 11 is 0. The maximum atomic E-state index is 12.7. The van der Waals surface area contributed by atoms with Crippen molar-refractivity contribution < 1.29 is 18.0 Å². The summed E-state index contributed by atoms with van der Waals surface area (Å²) in [5, 5.41) is 6.58. The monoisotopic (exact) mass is 395 g/mol. The van der Waals surface area contributed by atoms with E-state index in [1.807, 2.05) is 0 Å². The van der Waals surface area contributed by atoms with Crippen LogP contribution >= 0.6 is 0 Å². The number of carbonyl (C=O) groups excluding carboxylic acids is 1. The van der Waals surface area contributed by atoms with E-state index < -0.39 is 11.7 Å². The highest BCUT2D eigenvalue weighted by Crippen LogP contribution is 2.39. The predicted octanol–water partition coefficient (Wildman–Crippen LogP) is 3.17. The van der Waals surface area contributed by atoms with Crippen molar-refractivity contribution in [2.45, 2.75) is 56.9 Å². The van der Waals surface area contributed by atoms with E-state index in [0.29, 0.717) is 18.4 Å². The van der Waals surface area contributed by atoms with Gasteiger partial charge in [-0.05, 0) is 61.8 Å². The Hall–Kier alpha value is -1.60. The smallest absolute Gasteiger partial charge is 0.352 e. The van der Waals surface area contributed by atoms with E-state index in [1.54, 1.807) is 12.1 Å². The van der Waals surface area contributed by atoms with Crippen molar-refractivity contribution in [3.05, 3.63) is 35.4 Å². The fourth-order valence-corrected chi connectivity index (χ4v) is 5.08. The Morgan fingerprint density at radius 3 is 2.57 bits per heavy atom. The first-order chi connectivity index (χ1) is 13.4. The van der Waals surface area contributed by atoms with Crippen molar-refractivity contribution in [2.75, 3.05) is 19.6 Å². The van der Waals surface area contributed by atoms with Gasteiger partial charge in [-0.3, -0.25) is 9.69 Å². The van der Waals surface area contributed by atoms with Crippen LogP contribution in [0.1, 0.15) is 43.2 Å². The average Bonchev–Trinajstić information content (AvgIpc) is 3.23. The van der Waals surface area contributed by atoms with Crippen molar-refractivity contribution in [1.29, 1.82) is 0 Å². The number of nitrogens with one attached hydrogen (secondary N) is 2. The SMILES string of the molecule is O=C(N[C@@H]1CC[C@H]2CN(Cc3ccc(C(F)(F)F)cc3)C[C@H]21)C1CCCCN1. The summed E-state index contributed by atoms with van der Waals surface area (Å²) in [5.41, 5.74) is 0.300. The minimum atomic E-state index is -4.29. The number of benzene rings is 1. The molecule has 4 atom stereocenters. The largest absolute Gasteiger partial charge is 0.416 e. The molecule has 1 unspecified atom stereocenters. The fourth-order valence-electron chi connectivity index (χ4n) is 5.08. The Labute approximate surface area is 163 Å². The molecular weight excluding hydrogens is 367 g/mol. The van der Waals surface area contributed by atoms with E-state index in [2.05, 4.69) is 15.5 Å². The molecule has 1 saturated carbocycles. The molecule has 2 heterocycles. The van der Waals surface area contributed by atoms with Crippen LogP contribution in [-0.4, -0.2) is 42.5 Å². The van der Waals surface area contributed by atoms with E-state index in [-0.39, 0.29) is 18.0 Å². The molecule has 4 nitrogen and oxygen atoms in total. The van der Waals surface area contributed by atoms with Crippen LogP contribution in [-0.2, 0) is 17.5 Å². The van der Waals surface area contributed by atoms with Gasteiger partial charge in [0, 0.05) is 25.7 Å². The lowest BCUT2D eigenvalue weighted by atomic mass is 9.97. The molecule has 2 aliphatic heterocycles. The number of likely N-dealkylation sites (tertiary alicyclic amines) is 1. The van der Waals surface area contributed by atoms with Crippen molar-refractivity contribution in [3.8, 4) is 0 Å². The standard InChI is InChI=1S/C21H28F3N3O/c22-21(23,24)16-7-4-14(5-8-16)11-27-12-15-6-9-18(17(15)13-27)26-20(28)19-3-1-2-10-25-19/h4-5,7-8,15,17-19,25H,1-3,6,9-13H2,(H,26,28)/t15-,17+,18+,19?/m0/s1. The first-order valence-electron chi connectivity index (χ1n) is 10.3. The lowest BCUT2D eigenvalue weighted by Crippen LogP contribution is -2.50. The molecule has 1 aliphatic carbocycles. The topological polar surface area (TPSA) is 44.4 Å². The highest BCUT2D eigenvalue weighted by atomic mass is 19.4. The van der Waals surface area contributed by atoms with Gasteiger partial charge in [-0.25, -0.2) is 0 Å².